The summed E-state index contributed by atoms with van der Waals surface area (Å²) < 4.78 is 57.9. The van der Waals surface area contributed by atoms with Crippen molar-refractivity contribution in [2.75, 3.05) is 31.9 Å². The molecule has 10 heteroatoms. The minimum Gasteiger partial charge on any atom is -0.475 e. The fourth-order valence-electron chi connectivity index (χ4n) is 5.30. The minimum atomic E-state index is -5.08. The molecule has 4 rings (SSSR count). The van der Waals surface area contributed by atoms with Crippen LogP contribution in [0.1, 0.15) is 62.6 Å². The number of nitrogens with zero attached hydrogens (tertiary/aromatic N) is 2. The number of carbonyl (C=O) groups is 1. The van der Waals surface area contributed by atoms with E-state index < -0.39 is 22.2 Å². The summed E-state index contributed by atoms with van der Waals surface area (Å²) in [6.45, 7) is 5.57. The molecule has 1 aromatic carbocycles. The van der Waals surface area contributed by atoms with Crippen molar-refractivity contribution in [2.45, 2.75) is 63.1 Å². The summed E-state index contributed by atoms with van der Waals surface area (Å²) in [6, 6.07) is 9.57. The second kappa shape index (κ2) is 9.69. The molecule has 2 fully saturated rings. The van der Waals surface area contributed by atoms with Crippen LogP contribution in [0.25, 0.3) is 0 Å². The van der Waals surface area contributed by atoms with Gasteiger partial charge in [-0.05, 0) is 75.1 Å². The van der Waals surface area contributed by atoms with Gasteiger partial charge in [0.05, 0.1) is 5.75 Å². The molecule has 1 aromatic rings. The van der Waals surface area contributed by atoms with Crippen LogP contribution in [0.15, 0.2) is 24.3 Å². The van der Waals surface area contributed by atoms with Gasteiger partial charge >= 0.3 is 12.1 Å². The van der Waals surface area contributed by atoms with Crippen molar-refractivity contribution >= 4 is 16.0 Å². The van der Waals surface area contributed by atoms with Gasteiger partial charge in [-0.1, -0.05) is 24.3 Å². The number of benzene rings is 1. The Hall–Kier alpha value is -1.65. The average Bonchev–Trinajstić information content (AvgIpc) is 3.29. The lowest BCUT2D eigenvalue weighted by Crippen LogP contribution is -2.48. The van der Waals surface area contributed by atoms with Gasteiger partial charge in [-0.3, -0.25) is 4.90 Å². The summed E-state index contributed by atoms with van der Waals surface area (Å²) in [5, 5.41) is 7.12. The van der Waals surface area contributed by atoms with Crippen LogP contribution in [-0.2, 0) is 20.2 Å². The number of aliphatic carboxylic acids is 1. The van der Waals surface area contributed by atoms with E-state index in [0.29, 0.717) is 19.1 Å². The minimum absolute atomic E-state index is 0.187. The third-order valence-corrected chi connectivity index (χ3v) is 8.93. The van der Waals surface area contributed by atoms with Crippen LogP contribution in [-0.4, -0.2) is 66.8 Å². The van der Waals surface area contributed by atoms with E-state index in [1.807, 2.05) is 0 Å². The van der Waals surface area contributed by atoms with Crippen LogP contribution in [0, 0.1) is 0 Å². The van der Waals surface area contributed by atoms with Gasteiger partial charge in [0.15, 0.2) is 0 Å². The quantitative estimate of drug-likeness (QED) is 0.715. The third kappa shape index (κ3) is 5.28. The Bertz CT molecular complexity index is 906. The van der Waals surface area contributed by atoms with Gasteiger partial charge in [-0.15, -0.1) is 0 Å². The van der Waals surface area contributed by atoms with E-state index in [4.69, 9.17) is 9.90 Å². The zero-order chi connectivity index (χ0) is 23.6. The van der Waals surface area contributed by atoms with E-state index in [-0.39, 0.29) is 11.2 Å². The van der Waals surface area contributed by atoms with Crippen molar-refractivity contribution < 1.29 is 31.5 Å². The zero-order valence-corrected chi connectivity index (χ0v) is 19.1. The number of halogens is 3. The van der Waals surface area contributed by atoms with Crippen molar-refractivity contribution in [1.82, 2.24) is 9.21 Å². The molecular weight excluding hydrogens is 445 g/mol. The van der Waals surface area contributed by atoms with Gasteiger partial charge in [-0.2, -0.15) is 13.2 Å². The summed E-state index contributed by atoms with van der Waals surface area (Å²) in [6.07, 6.45) is 1.93. The summed E-state index contributed by atoms with van der Waals surface area (Å²) >= 11 is 0. The van der Waals surface area contributed by atoms with E-state index >= 15 is 0 Å². The highest BCUT2D eigenvalue weighted by atomic mass is 32.2. The molecule has 180 valence electrons. The maximum absolute atomic E-state index is 12.2. The molecule has 2 aliphatic heterocycles. The highest BCUT2D eigenvalue weighted by Crippen LogP contribution is 2.50. The molecule has 32 heavy (non-hydrogen) atoms. The van der Waals surface area contributed by atoms with Gasteiger partial charge < -0.3 is 5.11 Å². The Balaban J connectivity index is 0.000000360. The monoisotopic (exact) mass is 476 g/mol. The maximum atomic E-state index is 12.2. The first kappa shape index (κ1) is 25.0. The van der Waals surface area contributed by atoms with Crippen molar-refractivity contribution in [2.24, 2.45) is 0 Å². The lowest BCUT2D eigenvalue weighted by atomic mass is 9.63. The Morgan fingerprint density at radius 3 is 2.19 bits per heavy atom. The number of carboxylic acid groups (broad SMARTS) is 1. The lowest BCUT2D eigenvalue weighted by molar-refractivity contribution is -0.192. The molecule has 1 N–H and O–H groups in total. The number of alkyl halides is 3. The van der Waals surface area contributed by atoms with Crippen LogP contribution in [0.2, 0.25) is 0 Å². The number of likely N-dealkylation sites (tertiary alicyclic amines) is 1. The second-order valence-corrected chi connectivity index (χ2v) is 11.0. The van der Waals surface area contributed by atoms with Crippen molar-refractivity contribution in [1.29, 1.82) is 0 Å². The standard InChI is InChI=1S/C20H30N2O2S.C2HF3O2/c1-2-25(23,24)22-15-11-20(12-16-22)10-9-19(21-13-5-6-14-21)17-7-3-4-8-18(17)20;3-2(4,5)1(6)7/h3-4,7-8,19H,2,5-6,9-16H2,1H3;(H,6,7). The largest absolute Gasteiger partial charge is 0.490 e. The number of piperidine rings is 1. The van der Waals surface area contributed by atoms with Crippen LogP contribution >= 0.6 is 0 Å². The number of rotatable bonds is 3. The molecule has 0 saturated carbocycles. The number of sulfonamides is 1. The van der Waals surface area contributed by atoms with Crippen LogP contribution in [0.3, 0.4) is 0 Å². The average molecular weight is 477 g/mol. The van der Waals surface area contributed by atoms with E-state index in [1.165, 1.54) is 49.9 Å². The Morgan fingerprint density at radius 1 is 1.09 bits per heavy atom. The molecule has 1 spiro atoms. The predicted molar refractivity (Wildman–Crippen MR) is 115 cm³/mol. The van der Waals surface area contributed by atoms with Crippen molar-refractivity contribution in [3.05, 3.63) is 35.4 Å². The molecule has 0 amide bonds. The van der Waals surface area contributed by atoms with E-state index in [0.717, 1.165) is 12.8 Å². The SMILES string of the molecule is CCS(=O)(=O)N1CCC2(CCC(N3CCCC3)c3ccccc32)CC1.O=C(O)C(F)(F)F. The normalized spacial score (nSPS) is 23.9. The molecule has 2 heterocycles. The predicted octanol–water partition coefficient (Wildman–Crippen LogP) is 3.93. The third-order valence-electron chi connectivity index (χ3n) is 7.05. The highest BCUT2D eigenvalue weighted by Gasteiger charge is 2.44. The summed E-state index contributed by atoms with van der Waals surface area (Å²) in [5.41, 5.74) is 3.21. The fraction of sp³-hybridized carbons (Fsp3) is 0.682. The van der Waals surface area contributed by atoms with Crippen LogP contribution in [0.4, 0.5) is 13.2 Å². The van der Waals surface area contributed by atoms with Gasteiger partial charge in [0.25, 0.3) is 0 Å². The Labute approximate surface area is 187 Å². The van der Waals surface area contributed by atoms with Crippen LogP contribution in [0.5, 0.6) is 0 Å². The number of hydrogen-bond donors (Lipinski definition) is 1. The van der Waals surface area contributed by atoms with Gasteiger partial charge in [0.2, 0.25) is 10.0 Å². The fourth-order valence-corrected chi connectivity index (χ4v) is 6.40. The molecule has 1 aliphatic carbocycles. The smallest absolute Gasteiger partial charge is 0.475 e. The highest BCUT2D eigenvalue weighted by molar-refractivity contribution is 7.89. The van der Waals surface area contributed by atoms with E-state index in [1.54, 1.807) is 11.2 Å². The molecule has 1 atom stereocenters. The number of carboxylic acids is 1. The first-order valence-electron chi connectivity index (χ1n) is 11.1. The molecule has 2 saturated heterocycles. The zero-order valence-electron chi connectivity index (χ0n) is 18.3. The van der Waals surface area contributed by atoms with Gasteiger partial charge in [0.1, 0.15) is 0 Å². The van der Waals surface area contributed by atoms with Gasteiger partial charge in [0, 0.05) is 19.1 Å². The molecule has 3 aliphatic rings. The summed E-state index contributed by atoms with van der Waals surface area (Å²) in [5.74, 6) is -2.54. The molecule has 0 aromatic heterocycles. The summed E-state index contributed by atoms with van der Waals surface area (Å²) in [7, 11) is -3.05. The number of fused-ring (bicyclic) bond motifs is 2. The summed E-state index contributed by atoms with van der Waals surface area (Å²) in [4.78, 5) is 11.6. The second-order valence-electron chi connectivity index (χ2n) is 8.77. The van der Waals surface area contributed by atoms with Gasteiger partial charge in [-0.25, -0.2) is 17.5 Å². The first-order chi connectivity index (χ1) is 15.0. The Kier molecular flexibility index (Phi) is 7.56. The lowest BCUT2D eigenvalue weighted by Gasteiger charge is -2.48. The molecule has 0 radical (unpaired) electrons. The van der Waals surface area contributed by atoms with Crippen LogP contribution < -0.4 is 0 Å². The number of hydrogen-bond acceptors (Lipinski definition) is 4. The molecule has 0 bridgehead atoms. The van der Waals surface area contributed by atoms with Crippen molar-refractivity contribution in [3.63, 3.8) is 0 Å². The van der Waals surface area contributed by atoms with E-state index in [2.05, 4.69) is 29.2 Å². The first-order valence-corrected chi connectivity index (χ1v) is 12.7. The van der Waals surface area contributed by atoms with Crippen molar-refractivity contribution in [3.8, 4) is 0 Å². The maximum Gasteiger partial charge on any atom is 0.490 e. The Morgan fingerprint density at radius 2 is 1.66 bits per heavy atom. The topological polar surface area (TPSA) is 77.9 Å². The van der Waals surface area contributed by atoms with E-state index in [9.17, 15) is 21.6 Å². The molecule has 1 unspecified atom stereocenters. The molecular formula is C22H31F3N2O4S. The molecule has 6 nitrogen and oxygen atoms in total.